The molecular weight excluding hydrogens is 759 g/mol. The number of pyridine rings is 1. The Balaban J connectivity index is 1.01. The Labute approximate surface area is 359 Å². The number of hydrogen-bond donors (Lipinski definition) is 0. The first-order valence-corrected chi connectivity index (χ1v) is 21.3. The normalized spacial score (nSPS) is 11.3. The standard InChI is InChI=1S/C57H37N3S/c1-5-15-38(16-6-1)46-33-51(41-17-7-2-8-18-41)58-52(34-46)43-29-27-40(28-30-43)49-36-56-50(47-23-13-14-24-55(47)61-56)35-48(49)39-25-31-44(32-26-39)54-37-53(42-19-9-3-10-20-42)59-57(60-54)45-21-11-4-12-22-45/h1-37H. The molecule has 0 amide bonds. The Kier molecular flexibility index (Phi) is 9.38. The Hall–Kier alpha value is -7.79. The van der Waals surface area contributed by atoms with Gasteiger partial charge < -0.3 is 0 Å². The number of nitrogens with zero attached hydrogens (tertiary/aromatic N) is 3. The highest BCUT2D eigenvalue weighted by Crippen LogP contribution is 2.43. The van der Waals surface area contributed by atoms with Gasteiger partial charge in [-0.1, -0.05) is 188 Å². The van der Waals surface area contributed by atoms with E-state index in [0.29, 0.717) is 5.82 Å². The minimum atomic E-state index is 0.708. The lowest BCUT2D eigenvalue weighted by atomic mass is 9.91. The second kappa shape index (κ2) is 15.8. The summed E-state index contributed by atoms with van der Waals surface area (Å²) in [6, 6.07) is 79.3. The van der Waals surface area contributed by atoms with E-state index >= 15 is 0 Å². The van der Waals surface area contributed by atoms with Crippen LogP contribution in [-0.2, 0) is 0 Å². The maximum absolute atomic E-state index is 5.20. The van der Waals surface area contributed by atoms with Gasteiger partial charge in [0, 0.05) is 48.0 Å². The lowest BCUT2D eigenvalue weighted by molar-refractivity contribution is 1.18. The van der Waals surface area contributed by atoms with Gasteiger partial charge in [0.15, 0.2) is 5.82 Å². The van der Waals surface area contributed by atoms with Crippen LogP contribution in [0, 0.1) is 0 Å². The molecular formula is C57H37N3S. The predicted molar refractivity (Wildman–Crippen MR) is 256 cm³/mol. The van der Waals surface area contributed by atoms with Crippen LogP contribution in [0.15, 0.2) is 224 Å². The SMILES string of the molecule is c1ccc(-c2cc(-c3ccccc3)nc(-c3ccc(-c4cc5sc6ccccc6c5cc4-c4ccc(-c5cc(-c6ccccc6)nc(-c6ccccc6)n5)cc4)cc3)c2)cc1. The van der Waals surface area contributed by atoms with Crippen molar-refractivity contribution >= 4 is 31.5 Å². The van der Waals surface area contributed by atoms with Crippen molar-refractivity contribution in [3.63, 3.8) is 0 Å². The fourth-order valence-electron chi connectivity index (χ4n) is 8.19. The van der Waals surface area contributed by atoms with Crippen molar-refractivity contribution in [3.8, 4) is 89.8 Å². The zero-order valence-corrected chi connectivity index (χ0v) is 33.9. The van der Waals surface area contributed by atoms with Crippen LogP contribution in [0.5, 0.6) is 0 Å². The van der Waals surface area contributed by atoms with Crippen molar-refractivity contribution in [2.75, 3.05) is 0 Å². The summed E-state index contributed by atoms with van der Waals surface area (Å²) >= 11 is 1.85. The average Bonchev–Trinajstić information content (AvgIpc) is 3.72. The molecule has 0 aliphatic rings. The molecule has 0 aliphatic heterocycles. The number of thiophene rings is 1. The average molecular weight is 796 g/mol. The number of hydrogen-bond acceptors (Lipinski definition) is 4. The van der Waals surface area contributed by atoms with Gasteiger partial charge in [-0.3, -0.25) is 0 Å². The third-order valence-electron chi connectivity index (χ3n) is 11.3. The van der Waals surface area contributed by atoms with Crippen LogP contribution >= 0.6 is 11.3 Å². The molecule has 3 nitrogen and oxygen atoms in total. The van der Waals surface area contributed by atoms with Gasteiger partial charge >= 0.3 is 0 Å². The highest BCUT2D eigenvalue weighted by Gasteiger charge is 2.16. The maximum atomic E-state index is 5.20. The Morgan fingerprint density at radius 2 is 0.656 bits per heavy atom. The lowest BCUT2D eigenvalue weighted by Crippen LogP contribution is -1.96. The molecule has 0 radical (unpaired) electrons. The van der Waals surface area contributed by atoms with E-state index in [1.165, 1.54) is 36.9 Å². The first-order valence-electron chi connectivity index (χ1n) is 20.5. The minimum absolute atomic E-state index is 0.708. The van der Waals surface area contributed by atoms with Crippen molar-refractivity contribution < 1.29 is 0 Å². The van der Waals surface area contributed by atoms with E-state index in [2.05, 4.69) is 194 Å². The second-order valence-corrected chi connectivity index (χ2v) is 16.3. The van der Waals surface area contributed by atoms with Gasteiger partial charge in [0.2, 0.25) is 0 Å². The highest BCUT2D eigenvalue weighted by atomic mass is 32.1. The van der Waals surface area contributed by atoms with E-state index in [1.807, 2.05) is 41.7 Å². The molecule has 0 aliphatic carbocycles. The van der Waals surface area contributed by atoms with Crippen LogP contribution in [0.2, 0.25) is 0 Å². The van der Waals surface area contributed by atoms with E-state index in [4.69, 9.17) is 15.0 Å². The summed E-state index contributed by atoms with van der Waals surface area (Å²) in [5.74, 6) is 0.708. The first kappa shape index (κ1) is 36.3. The zero-order valence-electron chi connectivity index (χ0n) is 33.1. The van der Waals surface area contributed by atoms with E-state index in [9.17, 15) is 0 Å². The second-order valence-electron chi connectivity index (χ2n) is 15.2. The third-order valence-corrected chi connectivity index (χ3v) is 12.5. The van der Waals surface area contributed by atoms with Gasteiger partial charge in [-0.05, 0) is 69.8 Å². The molecule has 0 fully saturated rings. The molecule has 11 aromatic rings. The molecule has 0 unspecified atom stereocenters. The van der Waals surface area contributed by atoms with E-state index in [0.717, 1.165) is 67.3 Å². The van der Waals surface area contributed by atoms with Gasteiger partial charge in [-0.15, -0.1) is 11.3 Å². The summed E-state index contributed by atoms with van der Waals surface area (Å²) in [5.41, 5.74) is 15.9. The molecule has 0 saturated heterocycles. The fraction of sp³-hybridized carbons (Fsp3) is 0. The molecule has 4 heteroatoms. The Morgan fingerprint density at radius 1 is 0.246 bits per heavy atom. The van der Waals surface area contributed by atoms with Crippen molar-refractivity contribution in [1.82, 2.24) is 15.0 Å². The molecule has 0 N–H and O–H groups in total. The molecule has 0 saturated carbocycles. The molecule has 61 heavy (non-hydrogen) atoms. The van der Waals surface area contributed by atoms with Crippen LogP contribution in [-0.4, -0.2) is 15.0 Å². The summed E-state index contributed by atoms with van der Waals surface area (Å²) in [4.78, 5) is 15.3. The summed E-state index contributed by atoms with van der Waals surface area (Å²) < 4.78 is 2.56. The molecule has 0 spiro atoms. The monoisotopic (exact) mass is 795 g/mol. The van der Waals surface area contributed by atoms with Crippen LogP contribution in [0.1, 0.15) is 0 Å². The van der Waals surface area contributed by atoms with E-state index < -0.39 is 0 Å². The molecule has 8 aromatic carbocycles. The molecule has 286 valence electrons. The molecule has 11 rings (SSSR count). The van der Waals surface area contributed by atoms with Crippen LogP contribution in [0.4, 0.5) is 0 Å². The summed E-state index contributed by atoms with van der Waals surface area (Å²) in [6.07, 6.45) is 0. The van der Waals surface area contributed by atoms with Gasteiger partial charge in [-0.2, -0.15) is 0 Å². The van der Waals surface area contributed by atoms with Crippen molar-refractivity contribution in [1.29, 1.82) is 0 Å². The van der Waals surface area contributed by atoms with Crippen molar-refractivity contribution in [2.24, 2.45) is 0 Å². The predicted octanol–water partition coefficient (Wildman–Crippen LogP) is 15.6. The molecule has 3 heterocycles. The number of aromatic nitrogens is 3. The maximum Gasteiger partial charge on any atom is 0.160 e. The molecule has 0 bridgehead atoms. The number of benzene rings is 8. The van der Waals surface area contributed by atoms with Crippen LogP contribution < -0.4 is 0 Å². The molecule has 3 aromatic heterocycles. The fourth-order valence-corrected chi connectivity index (χ4v) is 9.32. The summed E-state index contributed by atoms with van der Waals surface area (Å²) in [7, 11) is 0. The van der Waals surface area contributed by atoms with Gasteiger partial charge in [-0.25, -0.2) is 15.0 Å². The van der Waals surface area contributed by atoms with Crippen molar-refractivity contribution in [2.45, 2.75) is 0 Å². The van der Waals surface area contributed by atoms with E-state index in [-0.39, 0.29) is 0 Å². The highest BCUT2D eigenvalue weighted by molar-refractivity contribution is 7.25. The number of fused-ring (bicyclic) bond motifs is 3. The van der Waals surface area contributed by atoms with Gasteiger partial charge in [0.1, 0.15) is 0 Å². The molecule has 0 atom stereocenters. The zero-order chi connectivity index (χ0) is 40.5. The topological polar surface area (TPSA) is 38.7 Å². The summed E-state index contributed by atoms with van der Waals surface area (Å²) in [5, 5.41) is 2.55. The van der Waals surface area contributed by atoms with Gasteiger partial charge in [0.05, 0.1) is 22.8 Å². The third kappa shape index (κ3) is 7.20. The van der Waals surface area contributed by atoms with Crippen molar-refractivity contribution in [3.05, 3.63) is 224 Å². The lowest BCUT2D eigenvalue weighted by Gasteiger charge is -2.14. The Bertz CT molecular complexity index is 3190. The van der Waals surface area contributed by atoms with Crippen LogP contribution in [0.25, 0.3) is 110 Å². The smallest absolute Gasteiger partial charge is 0.160 e. The summed E-state index contributed by atoms with van der Waals surface area (Å²) in [6.45, 7) is 0. The van der Waals surface area contributed by atoms with Crippen LogP contribution in [0.3, 0.4) is 0 Å². The minimum Gasteiger partial charge on any atom is -0.248 e. The Morgan fingerprint density at radius 3 is 1.20 bits per heavy atom. The quantitative estimate of drug-likeness (QED) is 0.154. The van der Waals surface area contributed by atoms with Gasteiger partial charge in [0.25, 0.3) is 0 Å². The first-order chi connectivity index (χ1) is 30.2. The van der Waals surface area contributed by atoms with E-state index in [1.54, 1.807) is 0 Å². The number of rotatable bonds is 8. The largest absolute Gasteiger partial charge is 0.248 e.